The number of rotatable bonds is 2. The molecule has 3 atom stereocenters. The largest absolute Gasteiger partial charge is 0.387 e. The fraction of sp³-hybridized carbons (Fsp3) is 0.778. The highest BCUT2D eigenvalue weighted by molar-refractivity contribution is 8.07. The van der Waals surface area contributed by atoms with E-state index in [1.165, 1.54) is 0 Å². The Bertz CT molecular complexity index is 332. The van der Waals surface area contributed by atoms with E-state index in [9.17, 15) is 0 Å². The average molecular weight is 246 g/mol. The lowest BCUT2D eigenvalue weighted by molar-refractivity contribution is 0.222. The van der Waals surface area contributed by atoms with E-state index >= 15 is 0 Å². The Morgan fingerprint density at radius 1 is 1.47 bits per heavy atom. The predicted molar refractivity (Wildman–Crippen MR) is 61.9 cm³/mol. The number of aliphatic hydroxyl groups excluding tert-OH is 1. The molecular formula is C9H14N2O2S2. The van der Waals surface area contributed by atoms with Gasteiger partial charge in [0.05, 0.1) is 5.25 Å². The third-order valence-electron chi connectivity index (χ3n) is 2.46. The molecule has 1 aliphatic rings. The van der Waals surface area contributed by atoms with Crippen molar-refractivity contribution in [2.45, 2.75) is 36.2 Å². The summed E-state index contributed by atoms with van der Waals surface area (Å²) in [5.41, 5.74) is 0. The lowest BCUT2D eigenvalue weighted by Gasteiger charge is -2.29. The fourth-order valence-corrected chi connectivity index (χ4v) is 4.22. The van der Waals surface area contributed by atoms with Crippen LogP contribution in [0.5, 0.6) is 0 Å². The van der Waals surface area contributed by atoms with Gasteiger partial charge in [0.1, 0.15) is 6.61 Å². The van der Waals surface area contributed by atoms with Gasteiger partial charge < -0.3 is 9.63 Å². The number of hydrogen-bond acceptors (Lipinski definition) is 6. The van der Waals surface area contributed by atoms with Gasteiger partial charge in [0.2, 0.25) is 0 Å². The van der Waals surface area contributed by atoms with Crippen LogP contribution in [0.15, 0.2) is 4.52 Å². The van der Waals surface area contributed by atoms with E-state index in [1.54, 1.807) is 0 Å². The van der Waals surface area contributed by atoms with Gasteiger partial charge in [0.25, 0.3) is 5.89 Å². The average Bonchev–Trinajstić information content (AvgIpc) is 2.70. The Morgan fingerprint density at radius 3 is 2.87 bits per heavy atom. The Hall–Kier alpha value is -0.200. The minimum Gasteiger partial charge on any atom is -0.387 e. The summed E-state index contributed by atoms with van der Waals surface area (Å²) in [6.45, 7) is 4.29. The van der Waals surface area contributed by atoms with Crippen molar-refractivity contribution in [1.82, 2.24) is 10.1 Å². The SMILES string of the molecule is CC1SCC(c2noc(CO)n2)SC1C. The first-order chi connectivity index (χ1) is 7.20. The predicted octanol–water partition coefficient (Wildman–Crippen LogP) is 1.86. The van der Waals surface area contributed by atoms with Crippen molar-refractivity contribution in [3.8, 4) is 0 Å². The van der Waals surface area contributed by atoms with E-state index in [0.29, 0.717) is 21.6 Å². The molecule has 1 aromatic heterocycles. The molecule has 0 amide bonds. The highest BCUT2D eigenvalue weighted by atomic mass is 32.2. The molecular weight excluding hydrogens is 232 g/mol. The van der Waals surface area contributed by atoms with Crippen molar-refractivity contribution < 1.29 is 9.63 Å². The maximum Gasteiger partial charge on any atom is 0.252 e. The summed E-state index contributed by atoms with van der Waals surface area (Å²) in [6.07, 6.45) is 0. The van der Waals surface area contributed by atoms with Gasteiger partial charge in [0.15, 0.2) is 5.82 Å². The van der Waals surface area contributed by atoms with Crippen molar-refractivity contribution in [3.63, 3.8) is 0 Å². The highest BCUT2D eigenvalue weighted by Gasteiger charge is 2.29. The summed E-state index contributed by atoms with van der Waals surface area (Å²) < 4.78 is 4.90. The molecule has 2 heterocycles. The van der Waals surface area contributed by atoms with Crippen molar-refractivity contribution in [2.75, 3.05) is 5.75 Å². The zero-order chi connectivity index (χ0) is 10.8. The molecule has 1 aliphatic heterocycles. The van der Waals surface area contributed by atoms with E-state index in [-0.39, 0.29) is 6.61 Å². The first-order valence-corrected chi connectivity index (χ1v) is 6.90. The van der Waals surface area contributed by atoms with Crippen molar-refractivity contribution in [3.05, 3.63) is 11.7 Å². The molecule has 1 N–H and O–H groups in total. The second-order valence-corrected chi connectivity index (χ2v) is 6.57. The van der Waals surface area contributed by atoms with Gasteiger partial charge in [-0.15, -0.1) is 11.8 Å². The minimum absolute atomic E-state index is 0.177. The quantitative estimate of drug-likeness (QED) is 0.859. The van der Waals surface area contributed by atoms with Crippen LogP contribution >= 0.6 is 23.5 Å². The molecule has 0 aliphatic carbocycles. The van der Waals surface area contributed by atoms with Crippen LogP contribution in [-0.2, 0) is 6.61 Å². The lowest BCUT2D eigenvalue weighted by atomic mass is 10.3. The van der Waals surface area contributed by atoms with Gasteiger partial charge in [-0.3, -0.25) is 0 Å². The normalized spacial score (nSPS) is 31.8. The maximum atomic E-state index is 8.84. The molecule has 0 aromatic carbocycles. The highest BCUT2D eigenvalue weighted by Crippen LogP contribution is 2.43. The molecule has 0 bridgehead atoms. The van der Waals surface area contributed by atoms with Gasteiger partial charge in [-0.2, -0.15) is 16.7 Å². The van der Waals surface area contributed by atoms with Crippen LogP contribution in [0.1, 0.15) is 30.8 Å². The van der Waals surface area contributed by atoms with Gasteiger partial charge in [-0.05, 0) is 0 Å². The summed E-state index contributed by atoms with van der Waals surface area (Å²) in [7, 11) is 0. The molecule has 1 saturated heterocycles. The smallest absolute Gasteiger partial charge is 0.252 e. The van der Waals surface area contributed by atoms with Crippen LogP contribution in [0.4, 0.5) is 0 Å². The van der Waals surface area contributed by atoms with Crippen LogP contribution in [0.25, 0.3) is 0 Å². The molecule has 1 aromatic rings. The van der Waals surface area contributed by atoms with Crippen LogP contribution in [0.3, 0.4) is 0 Å². The number of thioether (sulfide) groups is 2. The summed E-state index contributed by atoms with van der Waals surface area (Å²) in [5, 5.41) is 14.3. The van der Waals surface area contributed by atoms with E-state index in [0.717, 1.165) is 11.6 Å². The molecule has 4 nitrogen and oxygen atoms in total. The Morgan fingerprint density at radius 2 is 2.27 bits per heavy atom. The molecule has 0 radical (unpaired) electrons. The molecule has 6 heteroatoms. The van der Waals surface area contributed by atoms with Crippen molar-refractivity contribution in [2.24, 2.45) is 0 Å². The van der Waals surface area contributed by atoms with Crippen LogP contribution in [0, 0.1) is 0 Å². The van der Waals surface area contributed by atoms with Crippen molar-refractivity contribution in [1.29, 1.82) is 0 Å². The van der Waals surface area contributed by atoms with E-state index in [1.807, 2.05) is 23.5 Å². The topological polar surface area (TPSA) is 59.2 Å². The minimum atomic E-state index is -0.177. The van der Waals surface area contributed by atoms with Gasteiger partial charge in [0, 0.05) is 16.3 Å². The first-order valence-electron chi connectivity index (χ1n) is 4.91. The second kappa shape index (κ2) is 4.76. The number of hydrogen-bond donors (Lipinski definition) is 1. The molecule has 0 saturated carbocycles. The van der Waals surface area contributed by atoms with Crippen LogP contribution in [-0.4, -0.2) is 31.5 Å². The number of nitrogens with zero attached hydrogens (tertiary/aromatic N) is 2. The zero-order valence-corrected chi connectivity index (χ0v) is 10.3. The summed E-state index contributed by atoms with van der Waals surface area (Å²) >= 11 is 3.82. The fourth-order valence-electron chi connectivity index (χ4n) is 1.38. The van der Waals surface area contributed by atoms with Gasteiger partial charge in [-0.25, -0.2) is 0 Å². The Kier molecular flexibility index (Phi) is 3.58. The van der Waals surface area contributed by atoms with Gasteiger partial charge >= 0.3 is 0 Å². The van der Waals surface area contributed by atoms with E-state index < -0.39 is 0 Å². The van der Waals surface area contributed by atoms with Crippen LogP contribution in [0.2, 0.25) is 0 Å². The maximum absolute atomic E-state index is 8.84. The van der Waals surface area contributed by atoms with Crippen LogP contribution < -0.4 is 0 Å². The Labute approximate surface area is 97.2 Å². The molecule has 2 rings (SSSR count). The lowest BCUT2D eigenvalue weighted by Crippen LogP contribution is -2.22. The number of aromatic nitrogens is 2. The third-order valence-corrected chi connectivity index (χ3v) is 5.84. The zero-order valence-electron chi connectivity index (χ0n) is 8.71. The summed E-state index contributed by atoms with van der Waals surface area (Å²) in [4.78, 5) is 4.15. The molecule has 84 valence electrons. The standard InChI is InChI=1S/C9H14N2O2S2/c1-5-6(2)15-7(4-14-5)9-10-8(3-12)13-11-9/h5-7,12H,3-4H2,1-2H3. The number of aliphatic hydroxyl groups is 1. The molecule has 15 heavy (non-hydrogen) atoms. The molecule has 1 fully saturated rings. The third kappa shape index (κ3) is 2.49. The molecule has 0 spiro atoms. The van der Waals surface area contributed by atoms with Gasteiger partial charge in [-0.1, -0.05) is 19.0 Å². The first kappa shape index (κ1) is 11.3. The Balaban J connectivity index is 2.05. The molecule has 3 unspecified atom stereocenters. The monoisotopic (exact) mass is 246 g/mol. The second-order valence-electron chi connectivity index (χ2n) is 3.57. The summed E-state index contributed by atoms with van der Waals surface area (Å²) in [6, 6.07) is 0. The van der Waals surface area contributed by atoms with E-state index in [4.69, 9.17) is 9.63 Å². The van der Waals surface area contributed by atoms with E-state index in [2.05, 4.69) is 24.0 Å². The van der Waals surface area contributed by atoms with Crippen molar-refractivity contribution >= 4 is 23.5 Å². The summed E-state index contributed by atoms with van der Waals surface area (Å²) in [5.74, 6) is 2.04.